The lowest BCUT2D eigenvalue weighted by atomic mass is 9.99. The van der Waals surface area contributed by atoms with E-state index in [9.17, 15) is 19.2 Å². The van der Waals surface area contributed by atoms with E-state index in [1.165, 1.54) is 27.7 Å². The fourth-order valence-corrected chi connectivity index (χ4v) is 7.55. The van der Waals surface area contributed by atoms with Crippen LogP contribution >= 0.6 is 7.26 Å². The number of hydrogen-bond donors (Lipinski definition) is 0. The summed E-state index contributed by atoms with van der Waals surface area (Å²) in [5, 5.41) is 0. The molecule has 0 aromatic carbocycles. The highest BCUT2D eigenvalue weighted by Crippen LogP contribution is 2.65. The maximum absolute atomic E-state index is 11.9. The molecule has 0 aromatic heterocycles. The van der Waals surface area contributed by atoms with Gasteiger partial charge < -0.3 is 23.7 Å². The van der Waals surface area contributed by atoms with Crippen LogP contribution in [0.5, 0.6) is 0 Å². The van der Waals surface area contributed by atoms with Gasteiger partial charge in [0.05, 0.1) is 18.5 Å². The smallest absolute Gasteiger partial charge is 0.303 e. The minimum absolute atomic E-state index is 0.189. The minimum atomic E-state index is -1.82. The Bertz CT molecular complexity index is 624. The van der Waals surface area contributed by atoms with E-state index < -0.39 is 61.4 Å². The van der Waals surface area contributed by atoms with Gasteiger partial charge >= 0.3 is 23.9 Å². The first-order chi connectivity index (χ1) is 14.0. The fraction of sp³-hybridized carbons (Fsp3) is 0.800. The summed E-state index contributed by atoms with van der Waals surface area (Å²) >= 11 is 0. The molecule has 0 N–H and O–H groups in total. The van der Waals surface area contributed by atoms with Crippen molar-refractivity contribution in [1.29, 1.82) is 0 Å². The number of rotatable bonds is 9. The molecule has 0 saturated carbocycles. The third-order valence-corrected chi connectivity index (χ3v) is 10.7. The van der Waals surface area contributed by atoms with E-state index in [-0.39, 0.29) is 6.61 Å². The third-order valence-electron chi connectivity index (χ3n) is 5.40. The van der Waals surface area contributed by atoms with Crippen LogP contribution in [0.15, 0.2) is 0 Å². The minimum Gasteiger partial charge on any atom is -0.463 e. The van der Waals surface area contributed by atoms with Gasteiger partial charge in [0.15, 0.2) is 12.2 Å². The molecule has 0 aromatic rings. The van der Waals surface area contributed by atoms with Crippen LogP contribution in [0.1, 0.15) is 48.5 Å². The van der Waals surface area contributed by atoms with Crippen molar-refractivity contribution in [3.63, 3.8) is 0 Å². The highest BCUT2D eigenvalue weighted by atomic mass is 31.2. The topological polar surface area (TPSA) is 114 Å². The van der Waals surface area contributed by atoms with Crippen LogP contribution in [0.25, 0.3) is 0 Å². The Morgan fingerprint density at radius 1 is 0.700 bits per heavy atom. The SMILES string of the molecule is CC[P+](CC)(CC)[C@@H]1O[C@H](COC(C)=O)[C@@H](OC(C)=O)[C@H](OC(C)=O)[C@H]1OC(C)=O. The highest BCUT2D eigenvalue weighted by molar-refractivity contribution is 7.76. The van der Waals surface area contributed by atoms with Gasteiger partial charge in [-0.25, -0.2) is 0 Å². The van der Waals surface area contributed by atoms with Crippen molar-refractivity contribution in [2.45, 2.75) is 78.7 Å². The lowest BCUT2D eigenvalue weighted by Gasteiger charge is -2.47. The van der Waals surface area contributed by atoms with Gasteiger partial charge in [-0.05, 0) is 20.8 Å². The first kappa shape index (κ1) is 26.3. The summed E-state index contributed by atoms with van der Waals surface area (Å²) < 4.78 is 28.0. The van der Waals surface area contributed by atoms with E-state index in [0.717, 1.165) is 18.5 Å². The van der Waals surface area contributed by atoms with Gasteiger partial charge in [-0.1, -0.05) is 0 Å². The maximum atomic E-state index is 11.9. The molecule has 172 valence electrons. The Morgan fingerprint density at radius 3 is 1.53 bits per heavy atom. The Labute approximate surface area is 178 Å². The zero-order valence-electron chi connectivity index (χ0n) is 18.8. The van der Waals surface area contributed by atoms with Crippen molar-refractivity contribution in [2.24, 2.45) is 0 Å². The number of esters is 4. The molecule has 1 fully saturated rings. The predicted molar refractivity (Wildman–Crippen MR) is 110 cm³/mol. The molecule has 10 heteroatoms. The summed E-state index contributed by atoms with van der Waals surface area (Å²) in [7, 11) is -1.82. The molecule has 0 unspecified atom stereocenters. The largest absolute Gasteiger partial charge is 0.463 e. The van der Waals surface area contributed by atoms with E-state index in [2.05, 4.69) is 20.8 Å². The van der Waals surface area contributed by atoms with Crippen LogP contribution in [0.4, 0.5) is 0 Å². The van der Waals surface area contributed by atoms with Crippen molar-refractivity contribution in [1.82, 2.24) is 0 Å². The van der Waals surface area contributed by atoms with Crippen LogP contribution in [-0.2, 0) is 42.9 Å². The molecule has 1 aliphatic rings. The van der Waals surface area contributed by atoms with Crippen LogP contribution < -0.4 is 0 Å². The molecular weight excluding hydrogens is 415 g/mol. The van der Waals surface area contributed by atoms with Crippen molar-refractivity contribution in [3.8, 4) is 0 Å². The second-order valence-electron chi connectivity index (χ2n) is 7.26. The molecule has 0 spiro atoms. The molecule has 0 amide bonds. The average Bonchev–Trinajstić information content (AvgIpc) is 2.65. The van der Waals surface area contributed by atoms with Gasteiger partial charge in [0.25, 0.3) is 0 Å². The van der Waals surface area contributed by atoms with Crippen molar-refractivity contribution >= 4 is 31.1 Å². The van der Waals surface area contributed by atoms with Crippen molar-refractivity contribution in [3.05, 3.63) is 0 Å². The molecule has 30 heavy (non-hydrogen) atoms. The van der Waals surface area contributed by atoms with Crippen LogP contribution in [0.2, 0.25) is 0 Å². The molecule has 0 bridgehead atoms. The van der Waals surface area contributed by atoms with E-state index in [1.54, 1.807) is 0 Å². The number of ether oxygens (including phenoxy) is 5. The summed E-state index contributed by atoms with van der Waals surface area (Å²) in [5.74, 6) is -2.89. The second kappa shape index (κ2) is 11.6. The summed E-state index contributed by atoms with van der Waals surface area (Å²) in [5.41, 5.74) is 0. The average molecular weight is 449 g/mol. The van der Waals surface area contributed by atoms with Gasteiger partial charge in [0.2, 0.25) is 11.9 Å². The molecule has 1 rings (SSSR count). The molecule has 0 aliphatic carbocycles. The van der Waals surface area contributed by atoms with Crippen molar-refractivity contribution < 1.29 is 42.9 Å². The highest BCUT2D eigenvalue weighted by Gasteiger charge is 2.60. The van der Waals surface area contributed by atoms with E-state index >= 15 is 0 Å². The van der Waals surface area contributed by atoms with Gasteiger partial charge in [-0.3, -0.25) is 19.2 Å². The molecular formula is C20H34O9P+. The van der Waals surface area contributed by atoms with E-state index in [0.29, 0.717) is 0 Å². The third kappa shape index (κ3) is 6.64. The quantitative estimate of drug-likeness (QED) is 0.297. The molecule has 1 saturated heterocycles. The Hall–Kier alpha value is -1.73. The van der Waals surface area contributed by atoms with Gasteiger partial charge in [-0.15, -0.1) is 0 Å². The van der Waals surface area contributed by atoms with Crippen LogP contribution in [0.3, 0.4) is 0 Å². The van der Waals surface area contributed by atoms with E-state index in [4.69, 9.17) is 23.7 Å². The molecule has 0 radical (unpaired) electrons. The summed E-state index contributed by atoms with van der Waals surface area (Å²) in [6, 6.07) is 0. The van der Waals surface area contributed by atoms with Gasteiger partial charge in [0.1, 0.15) is 12.7 Å². The zero-order chi connectivity index (χ0) is 23.1. The maximum Gasteiger partial charge on any atom is 0.303 e. The first-order valence-electron chi connectivity index (χ1n) is 10.2. The summed E-state index contributed by atoms with van der Waals surface area (Å²) in [4.78, 5) is 47.0. The standard InChI is InChI=1S/C20H34O9P/c1-8-30(9-2,10-3)20-19(28-15(7)24)18(27-14(6)23)17(26-13(5)22)16(29-20)11-25-12(4)21/h16-20H,8-11H2,1-7H3/q+1/t16-,17-,18+,19-,20+/m1/s1. The van der Waals surface area contributed by atoms with Gasteiger partial charge in [-0.2, -0.15) is 0 Å². The van der Waals surface area contributed by atoms with Crippen LogP contribution in [-0.4, -0.2) is 79.2 Å². The van der Waals surface area contributed by atoms with Gasteiger partial charge in [0, 0.05) is 35.0 Å². The zero-order valence-corrected chi connectivity index (χ0v) is 19.7. The monoisotopic (exact) mass is 449 g/mol. The molecule has 5 atom stereocenters. The first-order valence-corrected chi connectivity index (χ1v) is 12.6. The number of hydrogen-bond acceptors (Lipinski definition) is 9. The fourth-order valence-electron chi connectivity index (χ4n) is 3.86. The summed E-state index contributed by atoms with van der Waals surface area (Å²) in [6.45, 7) is 10.9. The number of carbonyl (C=O) groups excluding carboxylic acids is 4. The van der Waals surface area contributed by atoms with Crippen molar-refractivity contribution in [2.75, 3.05) is 25.1 Å². The summed E-state index contributed by atoms with van der Waals surface area (Å²) in [6.07, 6.45) is -1.56. The number of carbonyl (C=O) groups is 4. The predicted octanol–water partition coefficient (Wildman–Crippen LogP) is 2.15. The second-order valence-corrected chi connectivity index (χ2v) is 12.1. The van der Waals surface area contributed by atoms with E-state index in [1.807, 2.05) is 0 Å². The Balaban J connectivity index is 3.54. The molecule has 1 heterocycles. The Kier molecular flexibility index (Phi) is 10.2. The molecule has 9 nitrogen and oxygen atoms in total. The Morgan fingerprint density at radius 2 is 1.13 bits per heavy atom. The normalized spacial score (nSPS) is 26.4. The lowest BCUT2D eigenvalue weighted by molar-refractivity contribution is -0.238. The molecule has 1 aliphatic heterocycles. The lowest BCUT2D eigenvalue weighted by Crippen LogP contribution is -2.63. The van der Waals surface area contributed by atoms with Crippen LogP contribution in [0, 0.1) is 0 Å².